The maximum absolute atomic E-state index is 9.52. The van der Waals surface area contributed by atoms with Gasteiger partial charge in [0, 0.05) is 25.4 Å². The van der Waals surface area contributed by atoms with E-state index in [4.69, 9.17) is 11.2 Å². The molecule has 1 unspecified atom stereocenters. The van der Waals surface area contributed by atoms with Crippen LogP contribution in [0, 0.1) is 12.3 Å². The molecule has 3 nitrogen and oxygen atoms in total. The summed E-state index contributed by atoms with van der Waals surface area (Å²) in [6.45, 7) is 4.74. The second kappa shape index (κ2) is 12.9. The first-order chi connectivity index (χ1) is 7.81. The van der Waals surface area contributed by atoms with Gasteiger partial charge in [0.05, 0.1) is 18.5 Å². The lowest BCUT2D eigenvalue weighted by Gasteiger charge is -2.11. The molecule has 16 heavy (non-hydrogen) atoms. The molecule has 4 heteroatoms. The van der Waals surface area contributed by atoms with E-state index in [2.05, 4.69) is 18.2 Å². The summed E-state index contributed by atoms with van der Waals surface area (Å²) in [4.78, 5) is 0. The molecular weight excluding hydrogens is 222 g/mol. The third kappa shape index (κ3) is 11.9. The smallest absolute Gasteiger partial charge is 0.0897 e. The summed E-state index contributed by atoms with van der Waals surface area (Å²) in [5, 5.41) is 12.7. The zero-order valence-electron chi connectivity index (χ0n) is 10.1. The molecule has 0 rings (SSSR count). The number of hydrogen-bond acceptors (Lipinski definition) is 4. The topological polar surface area (TPSA) is 41.5 Å². The molecule has 0 fully saturated rings. The number of hydrogen-bond donors (Lipinski definition) is 2. The fourth-order valence-corrected chi connectivity index (χ4v) is 1.62. The second-order valence-corrected chi connectivity index (χ2v) is 4.65. The van der Waals surface area contributed by atoms with Gasteiger partial charge in [-0.1, -0.05) is 19.3 Å². The number of terminal acetylenes is 1. The first-order valence-electron chi connectivity index (χ1n) is 5.79. The van der Waals surface area contributed by atoms with Crippen molar-refractivity contribution in [2.75, 3.05) is 37.8 Å². The Morgan fingerprint density at radius 1 is 1.56 bits per heavy atom. The lowest BCUT2D eigenvalue weighted by molar-refractivity contribution is 0.0362. The van der Waals surface area contributed by atoms with E-state index >= 15 is 0 Å². The molecule has 0 aliphatic carbocycles. The molecule has 2 N–H and O–H groups in total. The molecule has 0 aliphatic rings. The maximum atomic E-state index is 9.52. The van der Waals surface area contributed by atoms with Crippen LogP contribution < -0.4 is 5.32 Å². The number of unbranched alkanes of at least 4 members (excludes halogenated alkanes) is 1. The molecule has 0 saturated carbocycles. The van der Waals surface area contributed by atoms with Crippen LogP contribution in [0.2, 0.25) is 0 Å². The van der Waals surface area contributed by atoms with Crippen LogP contribution in [0.15, 0.2) is 0 Å². The van der Waals surface area contributed by atoms with Crippen molar-refractivity contribution in [1.82, 2.24) is 5.32 Å². The predicted molar refractivity (Wildman–Crippen MR) is 70.8 cm³/mol. The van der Waals surface area contributed by atoms with Crippen molar-refractivity contribution in [2.24, 2.45) is 0 Å². The first-order valence-corrected chi connectivity index (χ1v) is 6.94. The van der Waals surface area contributed by atoms with E-state index < -0.39 is 6.10 Å². The minimum absolute atomic E-state index is 0.408. The number of aliphatic hydroxyl groups is 1. The normalized spacial score (nSPS) is 12.3. The van der Waals surface area contributed by atoms with Crippen LogP contribution in [0.3, 0.4) is 0 Å². The van der Waals surface area contributed by atoms with Crippen molar-refractivity contribution in [3.05, 3.63) is 0 Å². The van der Waals surface area contributed by atoms with Crippen LogP contribution >= 0.6 is 11.8 Å². The number of ether oxygens (including phenoxy) is 1. The average Bonchev–Trinajstić information content (AvgIpc) is 2.29. The quantitative estimate of drug-likeness (QED) is 0.423. The van der Waals surface area contributed by atoms with Gasteiger partial charge >= 0.3 is 0 Å². The van der Waals surface area contributed by atoms with Crippen LogP contribution in [0.1, 0.15) is 19.8 Å². The molecule has 0 aromatic carbocycles. The molecule has 0 saturated heterocycles. The predicted octanol–water partition coefficient (Wildman–Crippen LogP) is 1.12. The molecule has 94 valence electrons. The Balaban J connectivity index is 3.11. The van der Waals surface area contributed by atoms with E-state index in [1.54, 1.807) is 11.8 Å². The van der Waals surface area contributed by atoms with E-state index in [1.165, 1.54) is 0 Å². The maximum Gasteiger partial charge on any atom is 0.0897 e. The number of thioether (sulfide) groups is 1. The molecular formula is C12H23NO2S. The van der Waals surface area contributed by atoms with Gasteiger partial charge in [-0.05, 0) is 6.42 Å². The van der Waals surface area contributed by atoms with Crippen molar-refractivity contribution in [2.45, 2.75) is 25.9 Å². The zero-order chi connectivity index (χ0) is 12.1. The van der Waals surface area contributed by atoms with Crippen molar-refractivity contribution < 1.29 is 9.84 Å². The highest BCUT2D eigenvalue weighted by Gasteiger charge is 2.02. The molecule has 0 amide bonds. The van der Waals surface area contributed by atoms with Gasteiger partial charge < -0.3 is 15.2 Å². The van der Waals surface area contributed by atoms with Gasteiger partial charge in [0.15, 0.2) is 0 Å². The molecule has 0 bridgehead atoms. The van der Waals surface area contributed by atoms with E-state index in [0.717, 1.165) is 37.5 Å². The van der Waals surface area contributed by atoms with Crippen LogP contribution in [0.25, 0.3) is 0 Å². The van der Waals surface area contributed by atoms with Gasteiger partial charge in [-0.25, -0.2) is 0 Å². The van der Waals surface area contributed by atoms with Crippen molar-refractivity contribution in [3.63, 3.8) is 0 Å². The van der Waals surface area contributed by atoms with Crippen LogP contribution in [-0.4, -0.2) is 49.0 Å². The standard InChI is InChI=1S/C12H23NO2S/c1-3-5-7-15-11-12(14)10-13-6-9-16-8-4-2/h2,12-14H,3,5-11H2,1H3. The summed E-state index contributed by atoms with van der Waals surface area (Å²) >= 11 is 1.72. The highest BCUT2D eigenvalue weighted by molar-refractivity contribution is 7.99. The van der Waals surface area contributed by atoms with Crippen LogP contribution in [0.4, 0.5) is 0 Å². The van der Waals surface area contributed by atoms with Gasteiger partial charge in [-0.3, -0.25) is 0 Å². The molecule has 0 heterocycles. The summed E-state index contributed by atoms with van der Waals surface area (Å²) in [5.41, 5.74) is 0. The van der Waals surface area contributed by atoms with Crippen molar-refractivity contribution in [3.8, 4) is 12.3 Å². The van der Waals surface area contributed by atoms with Crippen LogP contribution in [0.5, 0.6) is 0 Å². The molecule has 0 aromatic heterocycles. The summed E-state index contributed by atoms with van der Waals surface area (Å²) in [5.74, 6) is 4.31. The SMILES string of the molecule is C#CCSCCNCC(O)COCCCC. The molecule has 0 spiro atoms. The van der Waals surface area contributed by atoms with E-state index in [9.17, 15) is 5.11 Å². The Labute approximate surface area is 103 Å². The minimum atomic E-state index is -0.408. The van der Waals surface area contributed by atoms with Gasteiger partial charge in [0.25, 0.3) is 0 Å². The van der Waals surface area contributed by atoms with E-state index in [-0.39, 0.29) is 0 Å². The Morgan fingerprint density at radius 3 is 3.06 bits per heavy atom. The lowest BCUT2D eigenvalue weighted by Crippen LogP contribution is -2.31. The van der Waals surface area contributed by atoms with Crippen LogP contribution in [-0.2, 0) is 4.74 Å². The number of aliphatic hydroxyl groups excluding tert-OH is 1. The third-order valence-corrected chi connectivity index (χ3v) is 2.80. The number of rotatable bonds is 11. The Morgan fingerprint density at radius 2 is 2.38 bits per heavy atom. The summed E-state index contributed by atoms with van der Waals surface area (Å²) in [7, 11) is 0. The van der Waals surface area contributed by atoms with Gasteiger partial charge in [-0.15, -0.1) is 18.2 Å². The first kappa shape index (κ1) is 15.8. The molecule has 1 atom stereocenters. The summed E-state index contributed by atoms with van der Waals surface area (Å²) < 4.78 is 5.31. The lowest BCUT2D eigenvalue weighted by atomic mass is 10.3. The highest BCUT2D eigenvalue weighted by Crippen LogP contribution is 1.95. The Bertz CT molecular complexity index is 182. The van der Waals surface area contributed by atoms with E-state index in [0.29, 0.717) is 13.2 Å². The highest BCUT2D eigenvalue weighted by atomic mass is 32.2. The minimum Gasteiger partial charge on any atom is -0.389 e. The number of nitrogens with one attached hydrogen (secondary N) is 1. The molecule has 0 aliphatic heterocycles. The fraction of sp³-hybridized carbons (Fsp3) is 0.833. The Hall–Kier alpha value is -0.210. The second-order valence-electron chi connectivity index (χ2n) is 3.54. The third-order valence-electron chi connectivity index (χ3n) is 1.94. The van der Waals surface area contributed by atoms with Gasteiger partial charge in [-0.2, -0.15) is 0 Å². The average molecular weight is 245 g/mol. The van der Waals surface area contributed by atoms with Crippen molar-refractivity contribution >= 4 is 11.8 Å². The van der Waals surface area contributed by atoms with Gasteiger partial charge in [0.1, 0.15) is 0 Å². The monoisotopic (exact) mass is 245 g/mol. The zero-order valence-corrected chi connectivity index (χ0v) is 10.9. The fourth-order valence-electron chi connectivity index (χ4n) is 1.07. The Kier molecular flexibility index (Phi) is 12.7. The van der Waals surface area contributed by atoms with Crippen molar-refractivity contribution in [1.29, 1.82) is 0 Å². The summed E-state index contributed by atoms with van der Waals surface area (Å²) in [6.07, 6.45) is 6.90. The molecule has 0 aromatic rings. The van der Waals surface area contributed by atoms with E-state index in [1.807, 2.05) is 0 Å². The summed E-state index contributed by atoms with van der Waals surface area (Å²) in [6, 6.07) is 0. The molecule has 0 radical (unpaired) electrons. The van der Waals surface area contributed by atoms with Gasteiger partial charge in [0.2, 0.25) is 0 Å². The largest absolute Gasteiger partial charge is 0.389 e.